The van der Waals surface area contributed by atoms with E-state index in [0.29, 0.717) is 11.4 Å². The minimum absolute atomic E-state index is 0.0853. The van der Waals surface area contributed by atoms with Crippen LogP contribution in [0.5, 0.6) is 0 Å². The molecule has 0 atom stereocenters. The maximum absolute atomic E-state index is 12.8. The highest BCUT2D eigenvalue weighted by molar-refractivity contribution is 7.92. The molecule has 1 amide bonds. The summed E-state index contributed by atoms with van der Waals surface area (Å²) in [5.41, 5.74) is 1.13. The van der Waals surface area contributed by atoms with E-state index in [2.05, 4.69) is 20.3 Å². The Kier molecular flexibility index (Phi) is 5.35. The van der Waals surface area contributed by atoms with Crippen molar-refractivity contribution in [2.45, 2.75) is 18.7 Å². The zero-order valence-electron chi connectivity index (χ0n) is 13.6. The largest absolute Gasteiger partial charge is 0.453 e. The number of anilines is 2. The Morgan fingerprint density at radius 3 is 2.33 bits per heavy atom. The van der Waals surface area contributed by atoms with E-state index in [1.165, 1.54) is 35.7 Å². The fourth-order valence-electron chi connectivity index (χ4n) is 1.99. The van der Waals surface area contributed by atoms with Crippen LogP contribution in [0.4, 0.5) is 16.3 Å². The molecule has 0 radical (unpaired) electrons. The molecule has 0 aliphatic rings. The number of methoxy groups -OCH3 is 1. The van der Waals surface area contributed by atoms with Gasteiger partial charge in [-0.15, -0.1) is 5.10 Å². The number of amides is 1. The van der Waals surface area contributed by atoms with Crippen LogP contribution in [0, 0.1) is 6.92 Å². The van der Waals surface area contributed by atoms with Crippen LogP contribution in [-0.4, -0.2) is 38.4 Å². The summed E-state index contributed by atoms with van der Waals surface area (Å²) in [6.07, 6.45) is -0.629. The monoisotopic (exact) mass is 350 g/mol. The number of carbonyl (C=O) groups excluding carboxylic acids is 1. The van der Waals surface area contributed by atoms with Gasteiger partial charge in [-0.25, -0.2) is 17.5 Å². The summed E-state index contributed by atoms with van der Waals surface area (Å²) >= 11 is 0. The molecule has 1 N–H and O–H groups in total. The fraction of sp³-hybridized carbons (Fsp3) is 0.267. The number of hydrogen-bond acceptors (Lipinski definition) is 6. The third-order valence-electron chi connectivity index (χ3n) is 3.20. The molecule has 0 aliphatic heterocycles. The molecule has 0 saturated carbocycles. The minimum Gasteiger partial charge on any atom is -0.453 e. The van der Waals surface area contributed by atoms with Crippen LogP contribution in [0.15, 0.2) is 41.3 Å². The fourth-order valence-corrected chi connectivity index (χ4v) is 3.40. The lowest BCUT2D eigenvalue weighted by atomic mass is 10.3. The van der Waals surface area contributed by atoms with E-state index in [1.807, 2.05) is 0 Å². The number of nitrogens with zero attached hydrogens (tertiary/aromatic N) is 3. The van der Waals surface area contributed by atoms with Crippen LogP contribution >= 0.6 is 0 Å². The molecule has 24 heavy (non-hydrogen) atoms. The molecule has 0 spiro atoms. The number of carbonyl (C=O) groups is 1. The Labute approximate surface area is 140 Å². The highest BCUT2D eigenvalue weighted by Crippen LogP contribution is 2.22. The first kappa shape index (κ1) is 17.7. The molecule has 1 aromatic heterocycles. The van der Waals surface area contributed by atoms with Gasteiger partial charge < -0.3 is 4.74 Å². The lowest BCUT2D eigenvalue weighted by Crippen LogP contribution is -2.31. The van der Waals surface area contributed by atoms with Crippen molar-refractivity contribution in [3.05, 3.63) is 42.1 Å². The van der Waals surface area contributed by atoms with Crippen molar-refractivity contribution in [1.82, 2.24) is 10.2 Å². The van der Waals surface area contributed by atoms with Crippen molar-refractivity contribution in [1.29, 1.82) is 0 Å². The zero-order chi connectivity index (χ0) is 17.7. The van der Waals surface area contributed by atoms with E-state index in [0.717, 1.165) is 0 Å². The van der Waals surface area contributed by atoms with Gasteiger partial charge in [-0.1, -0.05) is 0 Å². The highest BCUT2D eigenvalue weighted by Gasteiger charge is 2.24. The summed E-state index contributed by atoms with van der Waals surface area (Å²) < 4.78 is 31.2. The summed E-state index contributed by atoms with van der Waals surface area (Å²) in [5, 5.41) is 10.3. The van der Waals surface area contributed by atoms with Gasteiger partial charge in [0.25, 0.3) is 10.0 Å². The van der Waals surface area contributed by atoms with Gasteiger partial charge in [0.1, 0.15) is 0 Å². The Bertz CT molecular complexity index is 804. The maximum Gasteiger partial charge on any atom is 0.411 e. The van der Waals surface area contributed by atoms with Gasteiger partial charge in [-0.2, -0.15) is 5.10 Å². The molecule has 9 heteroatoms. The van der Waals surface area contributed by atoms with E-state index in [4.69, 9.17) is 0 Å². The summed E-state index contributed by atoms with van der Waals surface area (Å²) in [7, 11) is -2.54. The van der Waals surface area contributed by atoms with Crippen LogP contribution in [0.1, 0.15) is 12.6 Å². The van der Waals surface area contributed by atoms with E-state index in [1.54, 1.807) is 26.0 Å². The number of sulfonamides is 1. The maximum atomic E-state index is 12.8. The molecular formula is C15H18N4O4S. The highest BCUT2D eigenvalue weighted by atomic mass is 32.2. The quantitative estimate of drug-likeness (QED) is 0.887. The molecule has 8 nitrogen and oxygen atoms in total. The lowest BCUT2D eigenvalue weighted by molar-refractivity contribution is 0.187. The van der Waals surface area contributed by atoms with Crippen LogP contribution < -0.4 is 9.62 Å². The molecule has 2 aromatic rings. The van der Waals surface area contributed by atoms with Gasteiger partial charge in [0.05, 0.1) is 17.7 Å². The normalized spacial score (nSPS) is 11.0. The molecule has 2 rings (SSSR count). The van der Waals surface area contributed by atoms with Crippen molar-refractivity contribution in [2.24, 2.45) is 0 Å². The summed E-state index contributed by atoms with van der Waals surface area (Å²) in [4.78, 5) is 11.2. The van der Waals surface area contributed by atoms with Crippen LogP contribution in [0.3, 0.4) is 0 Å². The first-order chi connectivity index (χ1) is 11.4. The second kappa shape index (κ2) is 7.26. The number of rotatable bonds is 5. The molecule has 0 fully saturated rings. The number of aromatic nitrogens is 2. The third kappa shape index (κ3) is 3.80. The van der Waals surface area contributed by atoms with Crippen molar-refractivity contribution < 1.29 is 17.9 Å². The molecule has 0 saturated heterocycles. The average molecular weight is 350 g/mol. The van der Waals surface area contributed by atoms with Gasteiger partial charge in [0.15, 0.2) is 5.82 Å². The smallest absolute Gasteiger partial charge is 0.411 e. The average Bonchev–Trinajstić information content (AvgIpc) is 2.57. The molecule has 0 bridgehead atoms. The molecule has 128 valence electrons. The van der Waals surface area contributed by atoms with Gasteiger partial charge in [-0.3, -0.25) is 5.32 Å². The Hall–Kier alpha value is -2.68. The Balaban J connectivity index is 2.30. The van der Waals surface area contributed by atoms with Crippen molar-refractivity contribution in [2.75, 3.05) is 23.3 Å². The summed E-state index contributed by atoms with van der Waals surface area (Å²) in [6, 6.07) is 9.09. The number of benzene rings is 1. The zero-order valence-corrected chi connectivity index (χ0v) is 14.4. The first-order valence-electron chi connectivity index (χ1n) is 7.16. The van der Waals surface area contributed by atoms with Gasteiger partial charge in [0.2, 0.25) is 0 Å². The number of ether oxygens (including phenoxy) is 1. The van der Waals surface area contributed by atoms with E-state index in [-0.39, 0.29) is 17.3 Å². The predicted molar refractivity (Wildman–Crippen MR) is 89.4 cm³/mol. The van der Waals surface area contributed by atoms with Crippen molar-refractivity contribution >= 4 is 27.6 Å². The summed E-state index contributed by atoms with van der Waals surface area (Å²) in [6.45, 7) is 3.70. The van der Waals surface area contributed by atoms with Gasteiger partial charge in [-0.05, 0) is 50.2 Å². The van der Waals surface area contributed by atoms with Crippen LogP contribution in [-0.2, 0) is 14.8 Å². The van der Waals surface area contributed by atoms with Gasteiger partial charge >= 0.3 is 6.09 Å². The van der Waals surface area contributed by atoms with E-state index < -0.39 is 16.1 Å². The van der Waals surface area contributed by atoms with Crippen molar-refractivity contribution in [3.8, 4) is 0 Å². The SMILES string of the molecule is CCN(c1ccc(C)nn1)S(=O)(=O)c1ccc(NC(=O)OC)cc1. The molecule has 0 unspecified atom stereocenters. The Morgan fingerprint density at radius 1 is 1.17 bits per heavy atom. The third-order valence-corrected chi connectivity index (χ3v) is 5.09. The van der Waals surface area contributed by atoms with Crippen LogP contribution in [0.2, 0.25) is 0 Å². The molecule has 0 aliphatic carbocycles. The molecule has 1 heterocycles. The standard InChI is InChI=1S/C15H18N4O4S/c1-4-19(14-10-5-11(2)17-18-14)24(21,22)13-8-6-12(7-9-13)16-15(20)23-3/h5-10H,4H2,1-3H3,(H,16,20). The number of nitrogens with one attached hydrogen (secondary N) is 1. The summed E-state index contributed by atoms with van der Waals surface area (Å²) in [5.74, 6) is 0.250. The van der Waals surface area contributed by atoms with E-state index in [9.17, 15) is 13.2 Å². The Morgan fingerprint density at radius 2 is 1.83 bits per heavy atom. The topological polar surface area (TPSA) is 101 Å². The first-order valence-corrected chi connectivity index (χ1v) is 8.60. The molecular weight excluding hydrogens is 332 g/mol. The number of hydrogen-bond donors (Lipinski definition) is 1. The van der Waals surface area contributed by atoms with Gasteiger partial charge in [0, 0.05) is 12.2 Å². The predicted octanol–water partition coefficient (Wildman–Crippen LogP) is 2.18. The van der Waals surface area contributed by atoms with Crippen LogP contribution in [0.25, 0.3) is 0 Å². The minimum atomic E-state index is -3.78. The molecule has 1 aromatic carbocycles. The lowest BCUT2D eigenvalue weighted by Gasteiger charge is -2.21. The second-order valence-corrected chi connectivity index (χ2v) is 6.71. The van der Waals surface area contributed by atoms with E-state index >= 15 is 0 Å². The van der Waals surface area contributed by atoms with Crippen molar-refractivity contribution in [3.63, 3.8) is 0 Å². The second-order valence-electron chi connectivity index (χ2n) is 4.84. The number of aryl methyl sites for hydroxylation is 1.